The van der Waals surface area contributed by atoms with Gasteiger partial charge in [-0.25, -0.2) is 9.78 Å². The second-order valence-electron chi connectivity index (χ2n) is 4.66. The van der Waals surface area contributed by atoms with Crippen LogP contribution in [0, 0.1) is 6.92 Å². The number of benzene rings is 1. The molecule has 1 amide bonds. The van der Waals surface area contributed by atoms with Crippen molar-refractivity contribution in [2.24, 2.45) is 0 Å². The lowest BCUT2D eigenvalue weighted by Gasteiger charge is -2.13. The summed E-state index contributed by atoms with van der Waals surface area (Å²) in [5, 5.41) is 13.6. The molecule has 1 aromatic heterocycles. The van der Waals surface area contributed by atoms with E-state index in [1.807, 2.05) is 13.0 Å². The molecule has 0 aliphatic rings. The first-order chi connectivity index (χ1) is 9.88. The predicted octanol–water partition coefficient (Wildman–Crippen LogP) is 2.22. The zero-order chi connectivity index (χ0) is 15.6. The standard InChI is InChI=1S/C14H15N3O3S/c1-7-3-4-10(15)9(5-7)12(18)16-8(2)13-17-11(6-21-13)14(19)20/h3-6,8H,15H2,1-2H3,(H,16,18)(H,19,20). The molecule has 1 aromatic carbocycles. The molecular formula is C14H15N3O3S. The quantitative estimate of drug-likeness (QED) is 0.751. The molecule has 0 spiro atoms. The van der Waals surface area contributed by atoms with Crippen molar-refractivity contribution in [2.75, 3.05) is 5.73 Å². The van der Waals surface area contributed by atoms with Gasteiger partial charge in [0.15, 0.2) is 5.69 Å². The van der Waals surface area contributed by atoms with Gasteiger partial charge in [-0.3, -0.25) is 4.79 Å². The molecule has 0 fully saturated rings. The molecule has 1 heterocycles. The first kappa shape index (κ1) is 15.0. The van der Waals surface area contributed by atoms with Gasteiger partial charge < -0.3 is 16.2 Å². The van der Waals surface area contributed by atoms with Crippen LogP contribution in [0.3, 0.4) is 0 Å². The molecule has 0 saturated heterocycles. The molecule has 6 nitrogen and oxygen atoms in total. The van der Waals surface area contributed by atoms with Crippen molar-refractivity contribution in [3.05, 3.63) is 45.4 Å². The van der Waals surface area contributed by atoms with E-state index in [4.69, 9.17) is 10.8 Å². The van der Waals surface area contributed by atoms with Crippen molar-refractivity contribution in [2.45, 2.75) is 19.9 Å². The number of nitrogen functional groups attached to an aromatic ring is 1. The Labute approximate surface area is 125 Å². The number of thiazole rings is 1. The fraction of sp³-hybridized carbons (Fsp3) is 0.214. The van der Waals surface area contributed by atoms with E-state index in [0.717, 1.165) is 5.56 Å². The molecule has 7 heteroatoms. The van der Waals surface area contributed by atoms with Gasteiger partial charge in [-0.1, -0.05) is 11.6 Å². The summed E-state index contributed by atoms with van der Waals surface area (Å²) < 4.78 is 0. The zero-order valence-corrected chi connectivity index (χ0v) is 12.4. The Kier molecular flexibility index (Phi) is 4.23. The van der Waals surface area contributed by atoms with E-state index in [-0.39, 0.29) is 11.6 Å². The van der Waals surface area contributed by atoms with E-state index in [1.165, 1.54) is 16.7 Å². The third kappa shape index (κ3) is 3.38. The minimum Gasteiger partial charge on any atom is -0.476 e. The summed E-state index contributed by atoms with van der Waals surface area (Å²) in [6.45, 7) is 3.62. The number of carboxylic acids is 1. The van der Waals surface area contributed by atoms with Gasteiger partial charge >= 0.3 is 5.97 Å². The second-order valence-corrected chi connectivity index (χ2v) is 5.55. The monoisotopic (exact) mass is 305 g/mol. The van der Waals surface area contributed by atoms with Gasteiger partial charge in [0.1, 0.15) is 5.01 Å². The minimum atomic E-state index is -1.08. The summed E-state index contributed by atoms with van der Waals surface area (Å²) in [6.07, 6.45) is 0. The summed E-state index contributed by atoms with van der Waals surface area (Å²) in [7, 11) is 0. The molecule has 1 unspecified atom stereocenters. The summed E-state index contributed by atoms with van der Waals surface area (Å²) in [6, 6.07) is 4.83. The number of carbonyl (C=O) groups is 2. The first-order valence-corrected chi connectivity index (χ1v) is 7.12. The molecule has 2 rings (SSSR count). The number of anilines is 1. The van der Waals surface area contributed by atoms with Gasteiger partial charge in [0.25, 0.3) is 5.91 Å². The number of hydrogen-bond acceptors (Lipinski definition) is 5. The third-order valence-corrected chi connectivity index (χ3v) is 3.94. The molecule has 0 aliphatic heterocycles. The lowest BCUT2D eigenvalue weighted by molar-refractivity contribution is 0.0691. The Hall–Kier alpha value is -2.41. The molecule has 0 bridgehead atoms. The molecule has 4 N–H and O–H groups in total. The van der Waals surface area contributed by atoms with E-state index in [2.05, 4.69) is 10.3 Å². The van der Waals surface area contributed by atoms with Gasteiger partial charge in [-0.05, 0) is 26.0 Å². The smallest absolute Gasteiger partial charge is 0.355 e. The van der Waals surface area contributed by atoms with Crippen LogP contribution < -0.4 is 11.1 Å². The number of aromatic nitrogens is 1. The highest BCUT2D eigenvalue weighted by Crippen LogP contribution is 2.20. The molecule has 2 aromatic rings. The molecule has 1 atom stereocenters. The van der Waals surface area contributed by atoms with Crippen LogP contribution in [0.1, 0.15) is 44.4 Å². The number of nitrogens with two attached hydrogens (primary N) is 1. The van der Waals surface area contributed by atoms with Gasteiger partial charge in [0.05, 0.1) is 11.6 Å². The van der Waals surface area contributed by atoms with Gasteiger partial charge in [0.2, 0.25) is 0 Å². The van der Waals surface area contributed by atoms with Crippen molar-refractivity contribution in [3.8, 4) is 0 Å². The fourth-order valence-corrected chi connectivity index (χ4v) is 2.59. The lowest BCUT2D eigenvalue weighted by Crippen LogP contribution is -2.27. The Balaban J connectivity index is 2.14. The Morgan fingerprint density at radius 3 is 2.76 bits per heavy atom. The molecule has 21 heavy (non-hydrogen) atoms. The number of nitrogens with one attached hydrogen (secondary N) is 1. The first-order valence-electron chi connectivity index (χ1n) is 6.24. The Morgan fingerprint density at radius 2 is 2.14 bits per heavy atom. The van der Waals surface area contributed by atoms with Gasteiger partial charge in [-0.2, -0.15) is 0 Å². The van der Waals surface area contributed by atoms with E-state index >= 15 is 0 Å². The largest absolute Gasteiger partial charge is 0.476 e. The topological polar surface area (TPSA) is 105 Å². The van der Waals surface area contributed by atoms with Crippen molar-refractivity contribution in [1.82, 2.24) is 10.3 Å². The number of rotatable bonds is 4. The Bertz CT molecular complexity index is 697. The number of nitrogens with zero attached hydrogens (tertiary/aromatic N) is 1. The number of aromatic carboxylic acids is 1. The maximum Gasteiger partial charge on any atom is 0.355 e. The van der Waals surface area contributed by atoms with Crippen molar-refractivity contribution in [1.29, 1.82) is 0 Å². The maximum atomic E-state index is 12.2. The number of hydrogen-bond donors (Lipinski definition) is 3. The number of carboxylic acid groups (broad SMARTS) is 1. The molecule has 0 saturated carbocycles. The number of carbonyl (C=O) groups excluding carboxylic acids is 1. The SMILES string of the molecule is Cc1ccc(N)c(C(=O)NC(C)c2nc(C(=O)O)cs2)c1. The zero-order valence-electron chi connectivity index (χ0n) is 11.6. The predicted molar refractivity (Wildman–Crippen MR) is 80.5 cm³/mol. The molecule has 0 aliphatic carbocycles. The van der Waals surface area contributed by atoms with Crippen LogP contribution in [0.25, 0.3) is 0 Å². The molecule has 0 radical (unpaired) electrons. The Morgan fingerprint density at radius 1 is 1.43 bits per heavy atom. The van der Waals surface area contributed by atoms with E-state index in [9.17, 15) is 9.59 Å². The van der Waals surface area contributed by atoms with E-state index < -0.39 is 12.0 Å². The van der Waals surface area contributed by atoms with Crippen molar-refractivity contribution in [3.63, 3.8) is 0 Å². The van der Waals surface area contributed by atoms with E-state index in [1.54, 1.807) is 19.1 Å². The fourth-order valence-electron chi connectivity index (χ4n) is 1.79. The van der Waals surface area contributed by atoms with Crippen LogP contribution >= 0.6 is 11.3 Å². The average molecular weight is 305 g/mol. The molecule has 110 valence electrons. The normalized spacial score (nSPS) is 11.9. The molecular weight excluding hydrogens is 290 g/mol. The van der Waals surface area contributed by atoms with Crippen LogP contribution in [0.15, 0.2) is 23.6 Å². The maximum absolute atomic E-state index is 12.2. The van der Waals surface area contributed by atoms with Crippen LogP contribution in [0.5, 0.6) is 0 Å². The summed E-state index contributed by atoms with van der Waals surface area (Å²) >= 11 is 1.19. The highest BCUT2D eigenvalue weighted by Gasteiger charge is 2.18. The minimum absolute atomic E-state index is 0.0221. The van der Waals surface area contributed by atoms with Crippen LogP contribution in [0.4, 0.5) is 5.69 Å². The second kappa shape index (κ2) is 5.92. The van der Waals surface area contributed by atoms with Crippen molar-refractivity contribution < 1.29 is 14.7 Å². The highest BCUT2D eigenvalue weighted by atomic mass is 32.1. The van der Waals surface area contributed by atoms with Crippen LogP contribution in [0.2, 0.25) is 0 Å². The third-order valence-electron chi connectivity index (χ3n) is 2.91. The number of amides is 1. The number of aryl methyl sites for hydroxylation is 1. The van der Waals surface area contributed by atoms with Crippen LogP contribution in [-0.4, -0.2) is 22.0 Å². The summed E-state index contributed by atoms with van der Waals surface area (Å²) in [4.78, 5) is 27.0. The van der Waals surface area contributed by atoms with Gasteiger partial charge in [-0.15, -0.1) is 11.3 Å². The van der Waals surface area contributed by atoms with E-state index in [0.29, 0.717) is 16.3 Å². The summed E-state index contributed by atoms with van der Waals surface area (Å²) in [5.41, 5.74) is 7.51. The lowest BCUT2D eigenvalue weighted by atomic mass is 10.1. The van der Waals surface area contributed by atoms with Gasteiger partial charge in [0, 0.05) is 11.1 Å². The summed E-state index contributed by atoms with van der Waals surface area (Å²) in [5.74, 6) is -1.39. The highest BCUT2D eigenvalue weighted by molar-refractivity contribution is 7.09. The van der Waals surface area contributed by atoms with Crippen molar-refractivity contribution >= 4 is 28.9 Å². The van der Waals surface area contributed by atoms with Crippen LogP contribution in [-0.2, 0) is 0 Å². The average Bonchev–Trinajstić information content (AvgIpc) is 2.91.